The molecule has 116 valence electrons. The Morgan fingerprint density at radius 2 is 0.684 bits per heavy atom. The predicted octanol–water partition coefficient (Wildman–Crippen LogP) is 5.92. The molecule has 0 rings (SSSR count). The van der Waals surface area contributed by atoms with Crippen LogP contribution in [-0.4, -0.2) is 26.2 Å². The summed E-state index contributed by atoms with van der Waals surface area (Å²) >= 11 is 0. The maximum Gasteiger partial charge on any atom is 2.00 e. The van der Waals surface area contributed by atoms with Crippen molar-refractivity contribution in [3.63, 3.8) is 0 Å². The van der Waals surface area contributed by atoms with Gasteiger partial charge in [-0.15, -0.1) is 26.2 Å². The normalized spacial score (nSPS) is 9.47. The standard InChI is InChI=1S/2C8H18N.W/c2*1-3-5-7-9-8-6-4-2;/h2*3-8H2,1-2H3;/q2*-1;+2. The fourth-order valence-corrected chi connectivity index (χ4v) is 1.30. The zero-order chi connectivity index (χ0) is 13.9. The quantitative estimate of drug-likeness (QED) is 0.337. The molecular weight excluding hydrogens is 404 g/mol. The molecule has 0 atom stereocenters. The molecule has 0 radical (unpaired) electrons. The van der Waals surface area contributed by atoms with Gasteiger partial charge in [-0.2, -0.15) is 0 Å². The largest absolute Gasteiger partial charge is 2.00 e. The molecule has 0 aromatic heterocycles. The van der Waals surface area contributed by atoms with Gasteiger partial charge in [0.2, 0.25) is 0 Å². The first-order valence-electron chi connectivity index (χ1n) is 8.09. The maximum atomic E-state index is 4.35. The Labute approximate surface area is 137 Å². The van der Waals surface area contributed by atoms with Crippen molar-refractivity contribution in [3.8, 4) is 0 Å². The minimum absolute atomic E-state index is 0. The van der Waals surface area contributed by atoms with E-state index < -0.39 is 0 Å². The zero-order valence-electron chi connectivity index (χ0n) is 13.8. The van der Waals surface area contributed by atoms with Crippen molar-refractivity contribution >= 4 is 0 Å². The van der Waals surface area contributed by atoms with Gasteiger partial charge in [0, 0.05) is 0 Å². The van der Waals surface area contributed by atoms with Gasteiger partial charge in [0.15, 0.2) is 0 Å². The SMILES string of the molecule is CCCC[N-]CCCC.CCCC[N-]CCCC.[W+2]. The van der Waals surface area contributed by atoms with Gasteiger partial charge >= 0.3 is 21.1 Å². The van der Waals surface area contributed by atoms with Crippen molar-refractivity contribution in [1.29, 1.82) is 0 Å². The third-order valence-corrected chi connectivity index (χ3v) is 2.68. The monoisotopic (exact) mass is 440 g/mol. The average Bonchev–Trinajstić information content (AvgIpc) is 2.39. The molecule has 0 heterocycles. The first-order valence-corrected chi connectivity index (χ1v) is 8.09. The Kier molecular flexibility index (Phi) is 35.0. The summed E-state index contributed by atoms with van der Waals surface area (Å²) in [6, 6.07) is 0. The van der Waals surface area contributed by atoms with Crippen molar-refractivity contribution in [2.24, 2.45) is 0 Å². The van der Waals surface area contributed by atoms with Crippen LogP contribution in [-0.2, 0) is 21.1 Å². The van der Waals surface area contributed by atoms with E-state index in [9.17, 15) is 0 Å². The molecule has 0 saturated heterocycles. The van der Waals surface area contributed by atoms with Crippen LogP contribution < -0.4 is 0 Å². The Hall–Kier alpha value is 0.608. The van der Waals surface area contributed by atoms with Crippen molar-refractivity contribution in [2.75, 3.05) is 26.2 Å². The third-order valence-electron chi connectivity index (χ3n) is 2.68. The fourth-order valence-electron chi connectivity index (χ4n) is 1.30. The third kappa shape index (κ3) is 32.3. The zero-order valence-corrected chi connectivity index (χ0v) is 16.7. The Morgan fingerprint density at radius 1 is 0.474 bits per heavy atom. The summed E-state index contributed by atoms with van der Waals surface area (Å²) in [6.07, 6.45) is 10.2. The molecule has 0 fully saturated rings. The van der Waals surface area contributed by atoms with Gasteiger partial charge in [-0.3, -0.25) is 0 Å². The van der Waals surface area contributed by atoms with Gasteiger partial charge in [-0.05, 0) is 0 Å². The summed E-state index contributed by atoms with van der Waals surface area (Å²) in [6.45, 7) is 13.1. The average molecular weight is 440 g/mol. The molecule has 0 aliphatic rings. The van der Waals surface area contributed by atoms with E-state index in [1.54, 1.807) is 0 Å². The van der Waals surface area contributed by atoms with Crippen LogP contribution in [0.2, 0.25) is 0 Å². The van der Waals surface area contributed by atoms with E-state index in [0.717, 1.165) is 26.2 Å². The van der Waals surface area contributed by atoms with Crippen LogP contribution in [0.5, 0.6) is 0 Å². The van der Waals surface area contributed by atoms with Gasteiger partial charge in [0.1, 0.15) is 0 Å². The second kappa shape index (κ2) is 27.0. The first-order chi connectivity index (χ1) is 8.83. The molecule has 0 spiro atoms. The molecule has 0 N–H and O–H groups in total. The molecule has 0 unspecified atom stereocenters. The topological polar surface area (TPSA) is 28.2 Å². The van der Waals surface area contributed by atoms with Gasteiger partial charge in [-0.25, -0.2) is 0 Å². The van der Waals surface area contributed by atoms with E-state index in [1.165, 1.54) is 51.4 Å². The van der Waals surface area contributed by atoms with E-state index in [-0.39, 0.29) is 21.1 Å². The smallest absolute Gasteiger partial charge is 0.662 e. The van der Waals surface area contributed by atoms with Gasteiger partial charge in [0.05, 0.1) is 0 Å². The van der Waals surface area contributed by atoms with Crippen LogP contribution in [0.3, 0.4) is 0 Å². The molecular formula is C16H36N2W. The molecule has 2 nitrogen and oxygen atoms in total. The molecule has 0 bridgehead atoms. The summed E-state index contributed by atoms with van der Waals surface area (Å²) in [5.41, 5.74) is 0. The number of nitrogens with zero attached hydrogens (tertiary/aromatic N) is 2. The predicted molar refractivity (Wildman–Crippen MR) is 85.8 cm³/mol. The molecule has 0 aliphatic heterocycles. The second-order valence-electron chi connectivity index (χ2n) is 4.76. The van der Waals surface area contributed by atoms with E-state index in [0.29, 0.717) is 0 Å². The van der Waals surface area contributed by atoms with Crippen LogP contribution in [0.25, 0.3) is 10.6 Å². The van der Waals surface area contributed by atoms with Crippen molar-refractivity contribution < 1.29 is 21.1 Å². The first kappa shape index (κ1) is 24.6. The van der Waals surface area contributed by atoms with Crippen LogP contribution in [0, 0.1) is 0 Å². The molecule has 19 heavy (non-hydrogen) atoms. The number of hydrogen-bond donors (Lipinski definition) is 0. The van der Waals surface area contributed by atoms with Crippen LogP contribution in [0.15, 0.2) is 0 Å². The fraction of sp³-hybridized carbons (Fsp3) is 1.00. The summed E-state index contributed by atoms with van der Waals surface area (Å²) < 4.78 is 0. The number of hydrogen-bond acceptors (Lipinski definition) is 0. The number of rotatable bonds is 12. The summed E-state index contributed by atoms with van der Waals surface area (Å²) in [5, 5.41) is 8.70. The van der Waals surface area contributed by atoms with Crippen molar-refractivity contribution in [3.05, 3.63) is 10.6 Å². The van der Waals surface area contributed by atoms with Crippen LogP contribution in [0.1, 0.15) is 79.1 Å². The van der Waals surface area contributed by atoms with Crippen molar-refractivity contribution in [1.82, 2.24) is 0 Å². The maximum absolute atomic E-state index is 4.35. The molecule has 0 aliphatic carbocycles. The number of unbranched alkanes of at least 4 members (excludes halogenated alkanes) is 4. The summed E-state index contributed by atoms with van der Waals surface area (Å²) in [7, 11) is 0. The molecule has 0 aromatic carbocycles. The second-order valence-corrected chi connectivity index (χ2v) is 4.76. The summed E-state index contributed by atoms with van der Waals surface area (Å²) in [4.78, 5) is 0. The summed E-state index contributed by atoms with van der Waals surface area (Å²) in [5.74, 6) is 0. The van der Waals surface area contributed by atoms with Gasteiger partial charge < -0.3 is 10.6 Å². The van der Waals surface area contributed by atoms with E-state index >= 15 is 0 Å². The Bertz CT molecular complexity index is 95.3. The van der Waals surface area contributed by atoms with E-state index in [1.807, 2.05) is 0 Å². The molecule has 0 saturated carbocycles. The Balaban J connectivity index is -0.000000256. The molecule has 0 aromatic rings. The minimum Gasteiger partial charge on any atom is -0.662 e. The molecule has 3 heteroatoms. The van der Waals surface area contributed by atoms with Crippen LogP contribution >= 0.6 is 0 Å². The van der Waals surface area contributed by atoms with Crippen LogP contribution in [0.4, 0.5) is 0 Å². The Morgan fingerprint density at radius 3 is 0.842 bits per heavy atom. The van der Waals surface area contributed by atoms with Gasteiger partial charge in [0.25, 0.3) is 0 Å². The van der Waals surface area contributed by atoms with Gasteiger partial charge in [-0.1, -0.05) is 79.1 Å². The minimum atomic E-state index is 0. The van der Waals surface area contributed by atoms with E-state index in [4.69, 9.17) is 0 Å². The molecule has 0 amide bonds. The van der Waals surface area contributed by atoms with E-state index in [2.05, 4.69) is 38.3 Å². The van der Waals surface area contributed by atoms with Crippen molar-refractivity contribution in [2.45, 2.75) is 79.1 Å².